The van der Waals surface area contributed by atoms with Crippen LogP contribution in [0.3, 0.4) is 0 Å². The van der Waals surface area contributed by atoms with E-state index in [0.29, 0.717) is 18.3 Å². The zero-order chi connectivity index (χ0) is 17.1. The Kier molecular flexibility index (Phi) is 4.92. The van der Waals surface area contributed by atoms with E-state index < -0.39 is 0 Å². The van der Waals surface area contributed by atoms with E-state index in [9.17, 15) is 4.79 Å². The Morgan fingerprint density at radius 1 is 1.24 bits per heavy atom. The molecular formula is C18H22N4O2S. The van der Waals surface area contributed by atoms with E-state index >= 15 is 0 Å². The molecule has 4 rings (SSSR count). The number of anilines is 1. The van der Waals surface area contributed by atoms with Crippen molar-refractivity contribution in [3.05, 3.63) is 41.8 Å². The first-order chi connectivity index (χ1) is 12.3. The van der Waals surface area contributed by atoms with Gasteiger partial charge in [-0.2, -0.15) is 11.8 Å². The van der Waals surface area contributed by atoms with Crippen LogP contribution in [0.15, 0.2) is 34.7 Å². The van der Waals surface area contributed by atoms with Crippen LogP contribution in [0.1, 0.15) is 30.3 Å². The summed E-state index contributed by atoms with van der Waals surface area (Å²) < 4.78 is 5.94. The molecule has 1 aliphatic heterocycles. The van der Waals surface area contributed by atoms with Crippen LogP contribution in [0, 0.1) is 5.92 Å². The van der Waals surface area contributed by atoms with Gasteiger partial charge in [0.05, 0.1) is 0 Å². The van der Waals surface area contributed by atoms with Crippen molar-refractivity contribution >= 4 is 23.7 Å². The maximum Gasteiger partial charge on any atom is 0.318 e. The number of thioether (sulfide) groups is 1. The van der Waals surface area contributed by atoms with Crippen molar-refractivity contribution in [2.45, 2.75) is 25.3 Å². The van der Waals surface area contributed by atoms with Gasteiger partial charge >= 0.3 is 6.01 Å². The van der Waals surface area contributed by atoms with E-state index in [-0.39, 0.29) is 17.9 Å². The molecule has 1 aromatic heterocycles. The smallest absolute Gasteiger partial charge is 0.318 e. The second-order valence-corrected chi connectivity index (χ2v) is 7.77. The fourth-order valence-electron chi connectivity index (χ4n) is 2.93. The van der Waals surface area contributed by atoms with Crippen LogP contribution >= 0.6 is 11.8 Å². The highest BCUT2D eigenvalue weighted by Crippen LogP contribution is 2.30. The lowest BCUT2D eigenvalue weighted by atomic mass is 10.1. The van der Waals surface area contributed by atoms with Crippen LogP contribution in [0.4, 0.5) is 6.01 Å². The van der Waals surface area contributed by atoms with Gasteiger partial charge in [0.15, 0.2) is 0 Å². The molecule has 0 radical (unpaired) electrons. The number of rotatable bonds is 6. The van der Waals surface area contributed by atoms with E-state index in [1.807, 2.05) is 30.0 Å². The Bertz CT molecular complexity index is 711. The van der Waals surface area contributed by atoms with Crippen LogP contribution < -0.4 is 10.2 Å². The Labute approximate surface area is 151 Å². The molecule has 6 nitrogen and oxygen atoms in total. The molecule has 1 N–H and O–H groups in total. The normalized spacial score (nSPS) is 18.8. The molecule has 0 unspecified atom stereocenters. The standard InChI is InChI=1S/C18H22N4O2S/c23-16(14-6-7-14)19-15(12-13-4-2-1-3-5-13)17-20-21-18(24-17)22-8-10-25-11-9-22/h1-5,14-15H,6-12H2,(H,19,23)/t15-/m0/s1. The van der Waals surface area contributed by atoms with Crippen LogP contribution in [-0.4, -0.2) is 40.7 Å². The predicted octanol–water partition coefficient (Wildman–Crippen LogP) is 2.43. The molecule has 0 spiro atoms. The maximum atomic E-state index is 12.3. The number of nitrogens with one attached hydrogen (secondary N) is 1. The molecule has 132 valence electrons. The first kappa shape index (κ1) is 16.4. The van der Waals surface area contributed by atoms with Crippen molar-refractivity contribution in [2.24, 2.45) is 5.92 Å². The van der Waals surface area contributed by atoms with E-state index in [4.69, 9.17) is 4.42 Å². The van der Waals surface area contributed by atoms with Gasteiger partial charge in [-0.15, -0.1) is 5.10 Å². The van der Waals surface area contributed by atoms with Gasteiger partial charge in [0.1, 0.15) is 6.04 Å². The molecule has 2 aromatic rings. The highest BCUT2D eigenvalue weighted by molar-refractivity contribution is 7.99. The third kappa shape index (κ3) is 4.15. The quantitative estimate of drug-likeness (QED) is 0.855. The van der Waals surface area contributed by atoms with Crippen molar-refractivity contribution in [2.75, 3.05) is 29.5 Å². The van der Waals surface area contributed by atoms with Crippen LogP contribution in [0.2, 0.25) is 0 Å². The number of carbonyl (C=O) groups is 1. The summed E-state index contributed by atoms with van der Waals surface area (Å²) >= 11 is 1.94. The number of nitrogens with zero attached hydrogens (tertiary/aromatic N) is 3. The van der Waals surface area contributed by atoms with Gasteiger partial charge in [-0.25, -0.2) is 0 Å². The first-order valence-electron chi connectivity index (χ1n) is 8.80. The highest BCUT2D eigenvalue weighted by Gasteiger charge is 2.33. The van der Waals surface area contributed by atoms with Gasteiger partial charge in [-0.05, 0) is 18.4 Å². The van der Waals surface area contributed by atoms with Gasteiger partial charge < -0.3 is 14.6 Å². The Balaban J connectivity index is 1.51. The highest BCUT2D eigenvalue weighted by atomic mass is 32.2. The Morgan fingerprint density at radius 3 is 2.72 bits per heavy atom. The summed E-state index contributed by atoms with van der Waals surface area (Å²) in [7, 11) is 0. The summed E-state index contributed by atoms with van der Waals surface area (Å²) in [5.74, 6) is 2.88. The molecule has 1 aromatic carbocycles. The number of amides is 1. The summed E-state index contributed by atoms with van der Waals surface area (Å²) in [5.41, 5.74) is 1.14. The van der Waals surface area contributed by atoms with E-state index in [2.05, 4.69) is 32.5 Å². The fourth-order valence-corrected chi connectivity index (χ4v) is 3.84. The second-order valence-electron chi connectivity index (χ2n) is 6.55. The number of aromatic nitrogens is 2. The minimum atomic E-state index is -0.282. The molecule has 7 heteroatoms. The summed E-state index contributed by atoms with van der Waals surface area (Å²) in [6, 6.07) is 10.4. The van der Waals surface area contributed by atoms with Gasteiger partial charge in [0.2, 0.25) is 11.8 Å². The molecule has 0 bridgehead atoms. The zero-order valence-electron chi connectivity index (χ0n) is 14.1. The molecule has 2 aliphatic rings. The SMILES string of the molecule is O=C(N[C@@H](Cc1ccccc1)c1nnc(N2CCSCC2)o1)C1CC1. The number of carbonyl (C=O) groups excluding carboxylic acids is 1. The van der Waals surface area contributed by atoms with Crippen molar-refractivity contribution in [1.82, 2.24) is 15.5 Å². The molecule has 1 aliphatic carbocycles. The van der Waals surface area contributed by atoms with Crippen molar-refractivity contribution in [3.63, 3.8) is 0 Å². The topological polar surface area (TPSA) is 71.3 Å². The fraction of sp³-hybridized carbons (Fsp3) is 0.500. The summed E-state index contributed by atoms with van der Waals surface area (Å²) in [5, 5.41) is 11.6. The van der Waals surface area contributed by atoms with Crippen molar-refractivity contribution < 1.29 is 9.21 Å². The number of hydrogen-bond acceptors (Lipinski definition) is 6. The van der Waals surface area contributed by atoms with Crippen molar-refractivity contribution in [3.8, 4) is 0 Å². The van der Waals surface area contributed by atoms with Gasteiger partial charge in [-0.3, -0.25) is 4.79 Å². The van der Waals surface area contributed by atoms with Crippen LogP contribution in [-0.2, 0) is 11.2 Å². The second kappa shape index (κ2) is 7.47. The minimum absolute atomic E-state index is 0.0926. The maximum absolute atomic E-state index is 12.3. The molecular weight excluding hydrogens is 336 g/mol. The lowest BCUT2D eigenvalue weighted by molar-refractivity contribution is -0.123. The average Bonchev–Trinajstić information content (AvgIpc) is 3.40. The van der Waals surface area contributed by atoms with Gasteiger partial charge in [-0.1, -0.05) is 35.4 Å². The molecule has 1 saturated carbocycles. The van der Waals surface area contributed by atoms with Gasteiger partial charge in [0.25, 0.3) is 0 Å². The summed E-state index contributed by atoms with van der Waals surface area (Å²) in [6.07, 6.45) is 2.60. The van der Waals surface area contributed by atoms with Crippen LogP contribution in [0.25, 0.3) is 0 Å². The van der Waals surface area contributed by atoms with Crippen molar-refractivity contribution in [1.29, 1.82) is 0 Å². The van der Waals surface area contributed by atoms with Gasteiger partial charge in [0, 0.05) is 36.9 Å². The Hall–Kier alpha value is -2.02. The predicted molar refractivity (Wildman–Crippen MR) is 97.6 cm³/mol. The largest absolute Gasteiger partial charge is 0.406 e. The monoisotopic (exact) mass is 358 g/mol. The lowest BCUT2D eigenvalue weighted by Crippen LogP contribution is -2.32. The van der Waals surface area contributed by atoms with E-state index in [0.717, 1.165) is 43.0 Å². The molecule has 1 saturated heterocycles. The average molecular weight is 358 g/mol. The summed E-state index contributed by atoms with van der Waals surface area (Å²) in [4.78, 5) is 14.4. The Morgan fingerprint density at radius 2 is 2.00 bits per heavy atom. The molecule has 1 atom stereocenters. The third-order valence-electron chi connectivity index (χ3n) is 4.56. The molecule has 2 heterocycles. The zero-order valence-corrected chi connectivity index (χ0v) is 14.9. The van der Waals surface area contributed by atoms with E-state index in [1.165, 1.54) is 0 Å². The van der Waals surface area contributed by atoms with Crippen LogP contribution in [0.5, 0.6) is 0 Å². The molecule has 2 fully saturated rings. The first-order valence-corrected chi connectivity index (χ1v) is 9.95. The lowest BCUT2D eigenvalue weighted by Gasteiger charge is -2.24. The molecule has 25 heavy (non-hydrogen) atoms. The summed E-state index contributed by atoms with van der Waals surface area (Å²) in [6.45, 7) is 1.84. The molecule has 1 amide bonds. The van der Waals surface area contributed by atoms with E-state index in [1.54, 1.807) is 0 Å². The number of benzene rings is 1. The third-order valence-corrected chi connectivity index (χ3v) is 5.50. The minimum Gasteiger partial charge on any atom is -0.406 e. The number of hydrogen-bond donors (Lipinski definition) is 1.